The number of aromatic nitrogens is 2. The zero-order chi connectivity index (χ0) is 19.3. The number of ether oxygens (including phenoxy) is 1. The van der Waals surface area contributed by atoms with Crippen LogP contribution in [0.2, 0.25) is 0 Å². The molecule has 0 aliphatic carbocycles. The monoisotopic (exact) mass is 381 g/mol. The maximum atomic E-state index is 12.9. The molecule has 2 saturated heterocycles. The molecular weight excluding hydrogens is 358 g/mol. The minimum Gasteiger partial charge on any atom is -0.378 e. The lowest BCUT2D eigenvalue weighted by molar-refractivity contribution is 0.0303. The Hall–Kier alpha value is -3.00. The predicted molar refractivity (Wildman–Crippen MR) is 103 cm³/mol. The van der Waals surface area contributed by atoms with E-state index in [9.17, 15) is 9.59 Å². The van der Waals surface area contributed by atoms with Crippen LogP contribution in [0.5, 0.6) is 0 Å². The van der Waals surface area contributed by atoms with Crippen molar-refractivity contribution in [3.05, 3.63) is 54.0 Å². The van der Waals surface area contributed by atoms with Crippen molar-refractivity contribution in [2.24, 2.45) is 0 Å². The van der Waals surface area contributed by atoms with Crippen LogP contribution in [0, 0.1) is 0 Å². The Kier molecular flexibility index (Phi) is 5.48. The van der Waals surface area contributed by atoms with Gasteiger partial charge in [0.25, 0.3) is 11.8 Å². The average Bonchev–Trinajstić information content (AvgIpc) is 2.79. The van der Waals surface area contributed by atoms with Crippen molar-refractivity contribution >= 4 is 17.6 Å². The lowest BCUT2D eigenvalue weighted by Crippen LogP contribution is -2.49. The van der Waals surface area contributed by atoms with E-state index in [1.807, 2.05) is 18.2 Å². The van der Waals surface area contributed by atoms with E-state index in [-0.39, 0.29) is 11.8 Å². The third-order valence-corrected chi connectivity index (χ3v) is 5.06. The SMILES string of the molecule is O=C(c1ccnc(C(=O)N2CCN(c3ccccn3)CC2)c1)N1CCOCC1. The van der Waals surface area contributed by atoms with E-state index in [0.29, 0.717) is 50.7 Å². The van der Waals surface area contributed by atoms with Crippen LogP contribution in [-0.4, -0.2) is 84.1 Å². The molecule has 0 unspecified atom stereocenters. The first-order chi connectivity index (χ1) is 13.7. The highest BCUT2D eigenvalue weighted by molar-refractivity contribution is 5.98. The van der Waals surface area contributed by atoms with Gasteiger partial charge < -0.3 is 19.4 Å². The molecule has 0 N–H and O–H groups in total. The molecule has 8 nitrogen and oxygen atoms in total. The van der Waals surface area contributed by atoms with Crippen LogP contribution in [0.1, 0.15) is 20.8 Å². The smallest absolute Gasteiger partial charge is 0.272 e. The molecule has 0 aromatic carbocycles. The fourth-order valence-corrected chi connectivity index (χ4v) is 3.47. The topological polar surface area (TPSA) is 78.9 Å². The van der Waals surface area contributed by atoms with Gasteiger partial charge in [0.05, 0.1) is 13.2 Å². The van der Waals surface area contributed by atoms with Crippen LogP contribution in [0.15, 0.2) is 42.7 Å². The molecule has 0 saturated carbocycles. The van der Waals surface area contributed by atoms with Crippen molar-refractivity contribution in [2.45, 2.75) is 0 Å². The largest absolute Gasteiger partial charge is 0.378 e. The van der Waals surface area contributed by atoms with Crippen molar-refractivity contribution in [2.75, 3.05) is 57.4 Å². The van der Waals surface area contributed by atoms with Gasteiger partial charge in [0.2, 0.25) is 0 Å². The zero-order valence-corrected chi connectivity index (χ0v) is 15.7. The van der Waals surface area contributed by atoms with Gasteiger partial charge in [0, 0.05) is 57.2 Å². The lowest BCUT2D eigenvalue weighted by atomic mass is 10.1. The highest BCUT2D eigenvalue weighted by Gasteiger charge is 2.25. The van der Waals surface area contributed by atoms with Gasteiger partial charge >= 0.3 is 0 Å². The molecule has 4 rings (SSSR count). The normalized spacial score (nSPS) is 17.5. The first-order valence-corrected chi connectivity index (χ1v) is 9.51. The first-order valence-electron chi connectivity index (χ1n) is 9.51. The molecule has 2 aromatic heterocycles. The minimum absolute atomic E-state index is 0.0836. The molecule has 28 heavy (non-hydrogen) atoms. The van der Waals surface area contributed by atoms with Crippen LogP contribution in [0.4, 0.5) is 5.82 Å². The number of rotatable bonds is 3. The molecule has 0 bridgehead atoms. The Morgan fingerprint density at radius 2 is 1.57 bits per heavy atom. The molecule has 2 aliphatic heterocycles. The average molecular weight is 381 g/mol. The minimum atomic E-state index is -0.141. The number of pyridine rings is 2. The summed E-state index contributed by atoms with van der Waals surface area (Å²) in [4.78, 5) is 39.8. The molecule has 2 aromatic rings. The number of morpholine rings is 1. The number of piperazine rings is 1. The molecule has 0 atom stereocenters. The van der Waals surface area contributed by atoms with Gasteiger partial charge in [-0.05, 0) is 24.3 Å². The Labute approximate surface area is 163 Å². The molecular formula is C20H23N5O3. The molecule has 0 spiro atoms. The van der Waals surface area contributed by atoms with Crippen LogP contribution in [-0.2, 0) is 4.74 Å². The van der Waals surface area contributed by atoms with Crippen molar-refractivity contribution < 1.29 is 14.3 Å². The summed E-state index contributed by atoms with van der Waals surface area (Å²) in [7, 11) is 0. The maximum absolute atomic E-state index is 12.9. The Bertz CT molecular complexity index is 831. The molecule has 2 amide bonds. The van der Waals surface area contributed by atoms with E-state index in [1.165, 1.54) is 6.20 Å². The summed E-state index contributed by atoms with van der Waals surface area (Å²) in [5, 5.41) is 0. The van der Waals surface area contributed by atoms with E-state index in [4.69, 9.17) is 4.74 Å². The highest BCUT2D eigenvalue weighted by Crippen LogP contribution is 2.15. The summed E-state index contributed by atoms with van der Waals surface area (Å²) in [6.45, 7) is 4.86. The summed E-state index contributed by atoms with van der Waals surface area (Å²) in [6.07, 6.45) is 3.30. The van der Waals surface area contributed by atoms with Crippen LogP contribution in [0.25, 0.3) is 0 Å². The molecule has 2 fully saturated rings. The number of carbonyl (C=O) groups is 2. The number of carbonyl (C=O) groups excluding carboxylic acids is 2. The number of anilines is 1. The fourth-order valence-electron chi connectivity index (χ4n) is 3.47. The number of hydrogen-bond donors (Lipinski definition) is 0. The quantitative estimate of drug-likeness (QED) is 0.787. The summed E-state index contributed by atoms with van der Waals surface area (Å²) in [5.74, 6) is 0.697. The second-order valence-electron chi connectivity index (χ2n) is 6.80. The van der Waals surface area contributed by atoms with E-state index < -0.39 is 0 Å². The Balaban J connectivity index is 1.40. The van der Waals surface area contributed by atoms with E-state index in [0.717, 1.165) is 18.9 Å². The van der Waals surface area contributed by atoms with Gasteiger partial charge in [-0.25, -0.2) is 4.98 Å². The predicted octanol–water partition coefficient (Wildman–Crippen LogP) is 0.911. The Morgan fingerprint density at radius 1 is 0.821 bits per heavy atom. The summed E-state index contributed by atoms with van der Waals surface area (Å²) in [6, 6.07) is 9.08. The lowest BCUT2D eigenvalue weighted by Gasteiger charge is -2.35. The Morgan fingerprint density at radius 3 is 2.29 bits per heavy atom. The highest BCUT2D eigenvalue weighted by atomic mass is 16.5. The van der Waals surface area contributed by atoms with Gasteiger partial charge in [0.15, 0.2) is 0 Å². The zero-order valence-electron chi connectivity index (χ0n) is 15.7. The molecule has 0 radical (unpaired) electrons. The number of hydrogen-bond acceptors (Lipinski definition) is 6. The standard InChI is InChI=1S/C20H23N5O3/c26-19(25-11-13-28-14-12-25)16-4-6-21-17(15-16)20(27)24-9-7-23(8-10-24)18-3-1-2-5-22-18/h1-6,15H,7-14H2. The molecule has 2 aliphatic rings. The van der Waals surface area contributed by atoms with E-state index in [1.54, 1.807) is 28.1 Å². The van der Waals surface area contributed by atoms with Crippen LogP contribution < -0.4 is 4.90 Å². The molecule has 4 heterocycles. The number of nitrogens with zero attached hydrogens (tertiary/aromatic N) is 5. The van der Waals surface area contributed by atoms with E-state index in [2.05, 4.69) is 14.9 Å². The summed E-state index contributed by atoms with van der Waals surface area (Å²) >= 11 is 0. The third-order valence-electron chi connectivity index (χ3n) is 5.06. The number of amides is 2. The summed E-state index contributed by atoms with van der Waals surface area (Å²) < 4.78 is 5.29. The van der Waals surface area contributed by atoms with Gasteiger partial charge in [-0.3, -0.25) is 14.6 Å². The first kappa shape index (κ1) is 18.4. The summed E-state index contributed by atoms with van der Waals surface area (Å²) in [5.41, 5.74) is 0.803. The van der Waals surface area contributed by atoms with Crippen LogP contribution in [0.3, 0.4) is 0 Å². The van der Waals surface area contributed by atoms with Crippen molar-refractivity contribution in [3.8, 4) is 0 Å². The van der Waals surface area contributed by atoms with Gasteiger partial charge in [0.1, 0.15) is 11.5 Å². The second kappa shape index (κ2) is 8.35. The maximum Gasteiger partial charge on any atom is 0.272 e. The van der Waals surface area contributed by atoms with Gasteiger partial charge in [-0.2, -0.15) is 0 Å². The third kappa shape index (κ3) is 3.96. The van der Waals surface area contributed by atoms with Crippen molar-refractivity contribution in [1.82, 2.24) is 19.8 Å². The van der Waals surface area contributed by atoms with Crippen molar-refractivity contribution in [3.63, 3.8) is 0 Å². The van der Waals surface area contributed by atoms with Crippen molar-refractivity contribution in [1.29, 1.82) is 0 Å². The molecule has 8 heteroatoms. The van der Waals surface area contributed by atoms with E-state index >= 15 is 0 Å². The van der Waals surface area contributed by atoms with Gasteiger partial charge in [-0.1, -0.05) is 6.07 Å². The van der Waals surface area contributed by atoms with Crippen LogP contribution >= 0.6 is 0 Å². The fraction of sp³-hybridized carbons (Fsp3) is 0.400. The second-order valence-corrected chi connectivity index (χ2v) is 6.80. The molecule has 146 valence electrons. The van der Waals surface area contributed by atoms with Gasteiger partial charge in [-0.15, -0.1) is 0 Å².